The Morgan fingerprint density at radius 1 is 1.39 bits per heavy atom. The molecule has 0 radical (unpaired) electrons. The number of carbonyl (C=O) groups excluding carboxylic acids is 1. The van der Waals surface area contributed by atoms with Crippen LogP contribution in [-0.4, -0.2) is 25.7 Å². The number of alkyl halides is 3. The summed E-state index contributed by atoms with van der Waals surface area (Å²) in [5, 5.41) is 0. The Morgan fingerprint density at radius 3 is 2.78 bits per heavy atom. The molecule has 0 fully saturated rings. The molecule has 3 nitrogen and oxygen atoms in total. The summed E-state index contributed by atoms with van der Waals surface area (Å²) in [6, 6.07) is 4.62. The highest BCUT2D eigenvalue weighted by Gasteiger charge is 2.41. The predicted molar refractivity (Wildman–Crippen MR) is 59.7 cm³/mol. The van der Waals surface area contributed by atoms with E-state index in [4.69, 9.17) is 4.74 Å². The fourth-order valence-electron chi connectivity index (χ4n) is 1.86. The highest BCUT2D eigenvalue weighted by atomic mass is 19.4. The standard InChI is InChI=1S/C12H12F3NO2/c1-16(11(17)12(13,14)15)9-4-5-10-8(7-9)3-2-6-18-10/h4-5,7H,2-3,6H2,1H3. The van der Waals surface area contributed by atoms with Gasteiger partial charge in [0.15, 0.2) is 0 Å². The van der Waals surface area contributed by atoms with Gasteiger partial charge in [0.05, 0.1) is 6.61 Å². The van der Waals surface area contributed by atoms with Gasteiger partial charge in [-0.1, -0.05) is 0 Å². The number of aryl methyl sites for hydroxylation is 1. The number of hydrogen-bond donors (Lipinski definition) is 0. The van der Waals surface area contributed by atoms with Gasteiger partial charge < -0.3 is 9.64 Å². The van der Waals surface area contributed by atoms with Crippen LogP contribution in [0, 0.1) is 0 Å². The fraction of sp³-hybridized carbons (Fsp3) is 0.417. The largest absolute Gasteiger partial charge is 0.493 e. The van der Waals surface area contributed by atoms with Gasteiger partial charge in [0.1, 0.15) is 5.75 Å². The first-order chi connectivity index (χ1) is 8.39. The molecule has 0 atom stereocenters. The monoisotopic (exact) mass is 259 g/mol. The number of rotatable bonds is 1. The number of benzene rings is 1. The predicted octanol–water partition coefficient (Wildman–Crippen LogP) is 2.54. The topological polar surface area (TPSA) is 29.5 Å². The van der Waals surface area contributed by atoms with Gasteiger partial charge in [-0.2, -0.15) is 13.2 Å². The Kier molecular flexibility index (Phi) is 3.19. The number of carbonyl (C=O) groups is 1. The van der Waals surface area contributed by atoms with Crippen molar-refractivity contribution in [3.8, 4) is 5.75 Å². The molecule has 0 spiro atoms. The van der Waals surface area contributed by atoms with E-state index >= 15 is 0 Å². The van der Waals surface area contributed by atoms with E-state index in [0.29, 0.717) is 17.3 Å². The molecule has 18 heavy (non-hydrogen) atoms. The van der Waals surface area contributed by atoms with Crippen LogP contribution in [0.1, 0.15) is 12.0 Å². The van der Waals surface area contributed by atoms with E-state index < -0.39 is 12.1 Å². The summed E-state index contributed by atoms with van der Waals surface area (Å²) in [4.78, 5) is 11.7. The Labute approximate surface area is 102 Å². The van der Waals surface area contributed by atoms with Gasteiger partial charge >= 0.3 is 12.1 Å². The summed E-state index contributed by atoms with van der Waals surface area (Å²) in [6.07, 6.45) is -3.29. The molecule has 2 rings (SSSR count). The molecule has 1 aliphatic rings. The zero-order chi connectivity index (χ0) is 13.3. The smallest absolute Gasteiger partial charge is 0.471 e. The van der Waals surface area contributed by atoms with Crippen molar-refractivity contribution in [3.63, 3.8) is 0 Å². The lowest BCUT2D eigenvalue weighted by Crippen LogP contribution is -2.38. The number of anilines is 1. The second-order valence-electron chi connectivity index (χ2n) is 4.11. The van der Waals surface area contributed by atoms with Crippen LogP contribution in [-0.2, 0) is 11.2 Å². The number of hydrogen-bond acceptors (Lipinski definition) is 2. The molecule has 1 amide bonds. The maximum atomic E-state index is 12.3. The SMILES string of the molecule is CN(C(=O)C(F)(F)F)c1ccc2c(c1)CCCO2. The molecule has 0 unspecified atom stereocenters. The first-order valence-electron chi connectivity index (χ1n) is 5.50. The number of fused-ring (bicyclic) bond motifs is 1. The van der Waals surface area contributed by atoms with Crippen molar-refractivity contribution in [2.24, 2.45) is 0 Å². The average Bonchev–Trinajstić information content (AvgIpc) is 2.35. The second kappa shape index (κ2) is 4.51. The number of nitrogens with zero attached hydrogens (tertiary/aromatic N) is 1. The first kappa shape index (κ1) is 12.7. The minimum Gasteiger partial charge on any atom is -0.493 e. The normalized spacial score (nSPS) is 14.7. The Morgan fingerprint density at radius 2 is 2.11 bits per heavy atom. The summed E-state index contributed by atoms with van der Waals surface area (Å²) in [7, 11) is 1.11. The molecular formula is C12H12F3NO2. The van der Waals surface area contributed by atoms with E-state index in [1.807, 2.05) is 0 Å². The lowest BCUT2D eigenvalue weighted by atomic mass is 10.1. The lowest BCUT2D eigenvalue weighted by molar-refractivity contribution is -0.170. The van der Waals surface area contributed by atoms with Gasteiger partial charge in [0.25, 0.3) is 0 Å². The molecule has 0 aliphatic carbocycles. The van der Waals surface area contributed by atoms with Crippen LogP contribution < -0.4 is 9.64 Å². The van der Waals surface area contributed by atoms with Crippen molar-refractivity contribution >= 4 is 11.6 Å². The number of amides is 1. The molecule has 1 aromatic carbocycles. The maximum absolute atomic E-state index is 12.3. The molecule has 98 valence electrons. The average molecular weight is 259 g/mol. The molecule has 0 N–H and O–H groups in total. The summed E-state index contributed by atoms with van der Waals surface area (Å²) < 4.78 is 42.3. The number of halogens is 3. The highest BCUT2D eigenvalue weighted by molar-refractivity contribution is 5.96. The molecule has 0 bridgehead atoms. The number of ether oxygens (including phenoxy) is 1. The minimum absolute atomic E-state index is 0.224. The van der Waals surface area contributed by atoms with E-state index in [2.05, 4.69) is 0 Å². The summed E-state index contributed by atoms with van der Waals surface area (Å²) in [6.45, 7) is 0.615. The fourth-order valence-corrected chi connectivity index (χ4v) is 1.86. The summed E-state index contributed by atoms with van der Waals surface area (Å²) in [5.41, 5.74) is 1.06. The molecule has 0 saturated heterocycles. The van der Waals surface area contributed by atoms with Crippen LogP contribution in [0.2, 0.25) is 0 Å². The molecule has 1 aliphatic heterocycles. The molecular weight excluding hydrogens is 247 g/mol. The van der Waals surface area contributed by atoms with Gasteiger partial charge in [0.2, 0.25) is 0 Å². The Balaban J connectivity index is 2.26. The van der Waals surface area contributed by atoms with E-state index in [0.717, 1.165) is 25.5 Å². The van der Waals surface area contributed by atoms with Crippen LogP contribution >= 0.6 is 0 Å². The zero-order valence-electron chi connectivity index (χ0n) is 9.75. The molecule has 6 heteroatoms. The van der Waals surface area contributed by atoms with Crippen LogP contribution in [0.3, 0.4) is 0 Å². The third-order valence-corrected chi connectivity index (χ3v) is 2.83. The van der Waals surface area contributed by atoms with E-state index in [1.54, 1.807) is 12.1 Å². The Hall–Kier alpha value is -1.72. The van der Waals surface area contributed by atoms with Crippen molar-refractivity contribution in [2.75, 3.05) is 18.6 Å². The zero-order valence-corrected chi connectivity index (χ0v) is 9.75. The van der Waals surface area contributed by atoms with Gasteiger partial charge in [-0.05, 0) is 36.6 Å². The summed E-state index contributed by atoms with van der Waals surface area (Å²) >= 11 is 0. The molecule has 1 heterocycles. The van der Waals surface area contributed by atoms with Gasteiger partial charge in [-0.3, -0.25) is 4.79 Å². The Bertz CT molecular complexity index is 471. The van der Waals surface area contributed by atoms with Crippen LogP contribution in [0.15, 0.2) is 18.2 Å². The highest BCUT2D eigenvalue weighted by Crippen LogP contribution is 2.30. The van der Waals surface area contributed by atoms with Gasteiger partial charge in [0, 0.05) is 12.7 Å². The minimum atomic E-state index is -4.86. The maximum Gasteiger partial charge on any atom is 0.471 e. The van der Waals surface area contributed by atoms with E-state index in [1.165, 1.54) is 6.07 Å². The van der Waals surface area contributed by atoms with Gasteiger partial charge in [-0.15, -0.1) is 0 Å². The summed E-state index contributed by atoms with van der Waals surface area (Å²) in [5.74, 6) is -1.20. The van der Waals surface area contributed by atoms with Crippen molar-refractivity contribution in [1.82, 2.24) is 0 Å². The van der Waals surface area contributed by atoms with Crippen molar-refractivity contribution in [1.29, 1.82) is 0 Å². The van der Waals surface area contributed by atoms with Gasteiger partial charge in [-0.25, -0.2) is 0 Å². The van der Waals surface area contributed by atoms with Crippen LogP contribution in [0.25, 0.3) is 0 Å². The van der Waals surface area contributed by atoms with Crippen molar-refractivity contribution < 1.29 is 22.7 Å². The van der Waals surface area contributed by atoms with Crippen molar-refractivity contribution in [3.05, 3.63) is 23.8 Å². The second-order valence-corrected chi connectivity index (χ2v) is 4.11. The first-order valence-corrected chi connectivity index (χ1v) is 5.50. The van der Waals surface area contributed by atoms with Crippen LogP contribution in [0.4, 0.5) is 18.9 Å². The van der Waals surface area contributed by atoms with E-state index in [-0.39, 0.29) is 5.69 Å². The quantitative estimate of drug-likeness (QED) is 0.775. The molecule has 0 saturated carbocycles. The van der Waals surface area contributed by atoms with Crippen LogP contribution in [0.5, 0.6) is 5.75 Å². The lowest BCUT2D eigenvalue weighted by Gasteiger charge is -2.22. The third kappa shape index (κ3) is 2.42. The molecule has 0 aromatic heterocycles. The third-order valence-electron chi connectivity index (χ3n) is 2.83. The van der Waals surface area contributed by atoms with E-state index in [9.17, 15) is 18.0 Å². The van der Waals surface area contributed by atoms with Crippen molar-refractivity contribution in [2.45, 2.75) is 19.0 Å². The molecule has 1 aromatic rings.